The fourth-order valence-corrected chi connectivity index (χ4v) is 5.30. The molecule has 1 aliphatic heterocycles. The van der Waals surface area contributed by atoms with Gasteiger partial charge in [-0.3, -0.25) is 0 Å². The van der Waals surface area contributed by atoms with Gasteiger partial charge in [0.15, 0.2) is 11.8 Å². The number of carbonyl (C=O) groups is 1. The largest absolute Gasteiger partial charge is 0.467 e. The lowest BCUT2D eigenvalue weighted by atomic mass is 9.80. The maximum atomic E-state index is 13.2. The Morgan fingerprint density at radius 3 is 2.55 bits per heavy atom. The van der Waals surface area contributed by atoms with Crippen LogP contribution < -0.4 is 4.90 Å². The monoisotopic (exact) mass is 580 g/mol. The van der Waals surface area contributed by atoms with Gasteiger partial charge in [-0.25, -0.2) is 9.78 Å². The van der Waals surface area contributed by atoms with Crippen molar-refractivity contribution in [1.82, 2.24) is 14.6 Å². The molecule has 38 heavy (non-hydrogen) atoms. The summed E-state index contributed by atoms with van der Waals surface area (Å²) in [6, 6.07) is 10.0. The lowest BCUT2D eigenvalue weighted by Gasteiger charge is -2.40. The van der Waals surface area contributed by atoms with Crippen LogP contribution in [0.4, 0.5) is 5.82 Å². The molecule has 3 aromatic rings. The van der Waals surface area contributed by atoms with E-state index in [9.17, 15) is 4.79 Å². The summed E-state index contributed by atoms with van der Waals surface area (Å²) in [5.41, 5.74) is 3.39. The van der Waals surface area contributed by atoms with Crippen molar-refractivity contribution >= 4 is 33.4 Å². The second-order valence-electron chi connectivity index (χ2n) is 11.1. The molecule has 0 saturated carbocycles. The molecule has 0 aliphatic carbocycles. The average Bonchev–Trinajstić information content (AvgIpc) is 3.29. The summed E-state index contributed by atoms with van der Waals surface area (Å²) in [7, 11) is 1.39. The Bertz CT molecular complexity index is 1360. The van der Waals surface area contributed by atoms with Gasteiger partial charge in [-0.15, -0.1) is 0 Å². The summed E-state index contributed by atoms with van der Waals surface area (Å²) >= 11 is 3.56. The van der Waals surface area contributed by atoms with E-state index in [1.54, 1.807) is 0 Å². The van der Waals surface area contributed by atoms with Gasteiger partial charge in [-0.05, 0) is 58.1 Å². The molecule has 202 valence electrons. The highest BCUT2D eigenvalue weighted by molar-refractivity contribution is 9.10. The Labute approximate surface area is 233 Å². The normalized spacial score (nSPS) is 16.7. The lowest BCUT2D eigenvalue weighted by Crippen LogP contribution is -2.40. The molecule has 2 aromatic heterocycles. The molecule has 1 atom stereocenters. The van der Waals surface area contributed by atoms with Gasteiger partial charge >= 0.3 is 5.97 Å². The van der Waals surface area contributed by atoms with Crippen LogP contribution in [-0.4, -0.2) is 46.4 Å². The maximum absolute atomic E-state index is 13.2. The number of carbonyl (C=O) groups excluding carboxylic acids is 1. The molecule has 0 bridgehead atoms. The van der Waals surface area contributed by atoms with Crippen molar-refractivity contribution in [2.45, 2.75) is 59.2 Å². The van der Waals surface area contributed by atoms with E-state index in [1.165, 1.54) is 7.11 Å². The molecule has 7 nitrogen and oxygen atoms in total. The number of ether oxygens (including phenoxy) is 2. The first-order valence-electron chi connectivity index (χ1n) is 12.9. The van der Waals surface area contributed by atoms with Gasteiger partial charge in [0.05, 0.1) is 24.0 Å². The zero-order valence-electron chi connectivity index (χ0n) is 23.1. The zero-order valence-corrected chi connectivity index (χ0v) is 24.7. The number of fused-ring (bicyclic) bond motifs is 1. The molecular formula is C30H37BrN4O3. The van der Waals surface area contributed by atoms with Crippen LogP contribution in [0.25, 0.3) is 16.9 Å². The first-order chi connectivity index (χ1) is 17.9. The minimum absolute atomic E-state index is 0.0707. The topological polar surface area (TPSA) is 69.0 Å². The van der Waals surface area contributed by atoms with Gasteiger partial charge in [-0.2, -0.15) is 9.61 Å². The van der Waals surface area contributed by atoms with Crippen molar-refractivity contribution in [3.8, 4) is 11.3 Å². The van der Waals surface area contributed by atoms with E-state index < -0.39 is 17.7 Å². The Balaban J connectivity index is 1.91. The second-order valence-corrected chi connectivity index (χ2v) is 12.0. The number of esters is 1. The molecule has 3 heterocycles. The minimum Gasteiger partial charge on any atom is -0.467 e. The van der Waals surface area contributed by atoms with E-state index in [-0.39, 0.29) is 5.41 Å². The molecule has 0 N–H and O–H groups in total. The van der Waals surface area contributed by atoms with E-state index in [4.69, 9.17) is 19.6 Å². The van der Waals surface area contributed by atoms with E-state index in [1.807, 2.05) is 74.7 Å². The molecule has 1 fully saturated rings. The number of hydrogen-bond acceptors (Lipinski definition) is 6. The number of nitrogens with zero attached hydrogens (tertiary/aromatic N) is 4. The molecule has 0 radical (unpaired) electrons. The van der Waals surface area contributed by atoms with Gasteiger partial charge in [0, 0.05) is 34.9 Å². The number of hydrogen-bond donors (Lipinski definition) is 0. The first kappa shape index (κ1) is 28.0. The van der Waals surface area contributed by atoms with Gasteiger partial charge < -0.3 is 14.4 Å². The number of piperidine rings is 1. The summed E-state index contributed by atoms with van der Waals surface area (Å²) in [5.74, 6) is 0.365. The van der Waals surface area contributed by atoms with E-state index >= 15 is 0 Å². The number of halogens is 1. The zero-order chi connectivity index (χ0) is 27.7. The third-order valence-electron chi connectivity index (χ3n) is 6.91. The quantitative estimate of drug-likeness (QED) is 0.225. The molecule has 1 aromatic carbocycles. The highest BCUT2D eigenvalue weighted by Gasteiger charge is 2.37. The lowest BCUT2D eigenvalue weighted by molar-refractivity contribution is -0.164. The smallest absolute Gasteiger partial charge is 0.339 e. The van der Waals surface area contributed by atoms with E-state index in [0.717, 1.165) is 53.1 Å². The van der Waals surface area contributed by atoms with Gasteiger partial charge in [-0.1, -0.05) is 59.8 Å². The third-order valence-corrected chi connectivity index (χ3v) is 7.41. The molecule has 1 aliphatic rings. The van der Waals surface area contributed by atoms with Crippen LogP contribution >= 0.6 is 15.9 Å². The Hall–Kier alpha value is -2.97. The Morgan fingerprint density at radius 2 is 1.95 bits per heavy atom. The Kier molecular flexibility index (Phi) is 8.14. The predicted molar refractivity (Wildman–Crippen MR) is 155 cm³/mol. The highest BCUT2D eigenvalue weighted by Crippen LogP contribution is 2.40. The van der Waals surface area contributed by atoms with E-state index in [2.05, 4.69) is 40.4 Å². The number of rotatable bonds is 7. The highest BCUT2D eigenvalue weighted by atomic mass is 79.9. The van der Waals surface area contributed by atoms with Crippen LogP contribution in [0.15, 0.2) is 59.6 Å². The predicted octanol–water partition coefficient (Wildman–Crippen LogP) is 6.85. The number of methoxy groups -OCH3 is 1. The van der Waals surface area contributed by atoms with Crippen molar-refractivity contribution in [3.05, 3.63) is 70.9 Å². The van der Waals surface area contributed by atoms with Crippen LogP contribution in [0.1, 0.15) is 57.9 Å². The Morgan fingerprint density at radius 1 is 1.24 bits per heavy atom. The fraction of sp³-hybridized carbons (Fsp3) is 0.433. The van der Waals surface area contributed by atoms with Gasteiger partial charge in [0.2, 0.25) is 0 Å². The number of anilines is 1. The maximum Gasteiger partial charge on any atom is 0.339 e. The summed E-state index contributed by atoms with van der Waals surface area (Å²) < 4.78 is 14.4. The summed E-state index contributed by atoms with van der Waals surface area (Å²) in [5, 5.41) is 5.01. The molecule has 1 unspecified atom stereocenters. The third kappa shape index (κ3) is 6.02. The van der Waals surface area contributed by atoms with Crippen LogP contribution in [0, 0.1) is 12.3 Å². The number of aryl methyl sites for hydroxylation is 1. The summed E-state index contributed by atoms with van der Waals surface area (Å²) in [6.45, 7) is 15.4. The van der Waals surface area contributed by atoms with E-state index in [0.29, 0.717) is 11.3 Å². The number of benzene rings is 1. The average molecular weight is 582 g/mol. The molecule has 1 saturated heterocycles. The van der Waals surface area contributed by atoms with Crippen molar-refractivity contribution < 1.29 is 14.3 Å². The number of allylic oxidation sites excluding steroid dienone is 3. The van der Waals surface area contributed by atoms with Crippen molar-refractivity contribution in [2.75, 3.05) is 25.1 Å². The first-order valence-corrected chi connectivity index (χ1v) is 13.7. The fourth-order valence-electron chi connectivity index (χ4n) is 4.90. The van der Waals surface area contributed by atoms with Crippen molar-refractivity contribution in [2.24, 2.45) is 5.41 Å². The molecule has 0 spiro atoms. The summed E-state index contributed by atoms with van der Waals surface area (Å²) in [6.07, 6.45) is 7.04. The standard InChI is InChI=1S/C30H37BrN4O3/c1-8-9-13-30(6)14-16-34(17-15-30)27-25(26(28(36)37-7)38-29(3,4)5)20(2)32-24-19-23(33-35(24)27)21-11-10-12-22(31)18-21/h8-13,18-19,26H,1,14-17H2,2-7H3/b13-9+. The SMILES string of the molecule is C=C/C=C/C1(C)CCN(c2c(C(OC(C)(C)C)C(=O)OC)c(C)nc3cc(-c4cccc(Br)c4)nn23)CC1. The van der Waals surface area contributed by atoms with Crippen LogP contribution in [0.5, 0.6) is 0 Å². The van der Waals surface area contributed by atoms with Crippen LogP contribution in [0.3, 0.4) is 0 Å². The van der Waals surface area contributed by atoms with Crippen molar-refractivity contribution in [1.29, 1.82) is 0 Å². The molecule has 0 amide bonds. The van der Waals surface area contributed by atoms with Crippen LogP contribution in [0.2, 0.25) is 0 Å². The molecule has 4 rings (SSSR count). The minimum atomic E-state index is -0.945. The summed E-state index contributed by atoms with van der Waals surface area (Å²) in [4.78, 5) is 20.3. The number of aromatic nitrogens is 3. The molecular weight excluding hydrogens is 544 g/mol. The molecule has 8 heteroatoms. The van der Waals surface area contributed by atoms with Crippen LogP contribution in [-0.2, 0) is 14.3 Å². The van der Waals surface area contributed by atoms with Gasteiger partial charge in [0.1, 0.15) is 5.82 Å². The second kappa shape index (κ2) is 11.0. The van der Waals surface area contributed by atoms with Crippen molar-refractivity contribution in [3.63, 3.8) is 0 Å². The van der Waals surface area contributed by atoms with Gasteiger partial charge in [0.25, 0.3) is 0 Å².